The quantitative estimate of drug-likeness (QED) is 0.873. The number of hydrogen-bond acceptors (Lipinski definition) is 2. The fraction of sp³-hybridized carbons (Fsp3) is 0.647. The van der Waals surface area contributed by atoms with Gasteiger partial charge in [-0.15, -0.1) is 0 Å². The first-order valence-corrected chi connectivity index (χ1v) is 7.94. The van der Waals surface area contributed by atoms with Crippen molar-refractivity contribution in [1.29, 1.82) is 0 Å². The molecule has 1 aromatic carbocycles. The molecule has 1 saturated carbocycles. The summed E-state index contributed by atoms with van der Waals surface area (Å²) in [6.45, 7) is 3.73. The van der Waals surface area contributed by atoms with Gasteiger partial charge in [0.05, 0.1) is 0 Å². The standard InChI is InChI=1S/C17H24N2/c1-2-4-15-11-16(8-7-13(15)3-1)19-10-9-18-17(12-19)14-5-6-14/h1-4,14,16-18H,5-12H2. The zero-order chi connectivity index (χ0) is 12.7. The first-order valence-electron chi connectivity index (χ1n) is 7.94. The van der Waals surface area contributed by atoms with Crippen LogP contribution in [0.1, 0.15) is 30.4 Å². The highest BCUT2D eigenvalue weighted by Crippen LogP contribution is 2.34. The molecule has 102 valence electrons. The van der Waals surface area contributed by atoms with E-state index in [2.05, 4.69) is 34.5 Å². The smallest absolute Gasteiger partial charge is 0.0223 e. The van der Waals surface area contributed by atoms with E-state index in [9.17, 15) is 0 Å². The SMILES string of the molecule is c1ccc2c(c1)CCC(N1CCNC(C3CC3)C1)C2. The van der Waals surface area contributed by atoms with Crippen LogP contribution >= 0.6 is 0 Å². The second-order valence-electron chi connectivity index (χ2n) is 6.56. The van der Waals surface area contributed by atoms with E-state index in [1.165, 1.54) is 51.7 Å². The number of piperazine rings is 1. The van der Waals surface area contributed by atoms with E-state index < -0.39 is 0 Å². The number of hydrogen-bond donors (Lipinski definition) is 1. The maximum Gasteiger partial charge on any atom is 0.0223 e. The molecule has 1 aliphatic heterocycles. The van der Waals surface area contributed by atoms with Gasteiger partial charge in [-0.2, -0.15) is 0 Å². The predicted octanol–water partition coefficient (Wildman–Crippen LogP) is 2.23. The second-order valence-corrected chi connectivity index (χ2v) is 6.56. The summed E-state index contributed by atoms with van der Waals surface area (Å²) < 4.78 is 0. The number of rotatable bonds is 2. The molecule has 0 aromatic heterocycles. The van der Waals surface area contributed by atoms with Crippen molar-refractivity contribution >= 4 is 0 Å². The number of nitrogens with one attached hydrogen (secondary N) is 1. The van der Waals surface area contributed by atoms with Crippen LogP contribution in [0, 0.1) is 5.92 Å². The molecule has 1 aromatic rings. The van der Waals surface area contributed by atoms with Gasteiger partial charge in [0.25, 0.3) is 0 Å². The summed E-state index contributed by atoms with van der Waals surface area (Å²) in [4.78, 5) is 2.77. The third kappa shape index (κ3) is 2.44. The molecule has 1 heterocycles. The van der Waals surface area contributed by atoms with Crippen molar-refractivity contribution in [3.05, 3.63) is 35.4 Å². The van der Waals surface area contributed by atoms with E-state index in [0.29, 0.717) is 0 Å². The van der Waals surface area contributed by atoms with Crippen LogP contribution in [0.4, 0.5) is 0 Å². The normalized spacial score (nSPS) is 32.0. The first-order chi connectivity index (χ1) is 9.40. The van der Waals surface area contributed by atoms with Gasteiger partial charge in [0.2, 0.25) is 0 Å². The van der Waals surface area contributed by atoms with Crippen molar-refractivity contribution in [2.24, 2.45) is 5.92 Å². The fourth-order valence-corrected chi connectivity index (χ4v) is 3.94. The van der Waals surface area contributed by atoms with E-state index in [1.807, 2.05) is 0 Å². The number of aryl methyl sites for hydroxylation is 1. The Morgan fingerprint density at radius 1 is 1.05 bits per heavy atom. The van der Waals surface area contributed by atoms with Crippen LogP contribution in [-0.4, -0.2) is 36.6 Å². The Balaban J connectivity index is 1.45. The van der Waals surface area contributed by atoms with Gasteiger partial charge in [0.15, 0.2) is 0 Å². The lowest BCUT2D eigenvalue weighted by atomic mass is 9.87. The van der Waals surface area contributed by atoms with Gasteiger partial charge in [-0.05, 0) is 49.1 Å². The number of fused-ring (bicyclic) bond motifs is 1. The molecule has 0 amide bonds. The summed E-state index contributed by atoms with van der Waals surface area (Å²) in [5.41, 5.74) is 3.19. The molecule has 0 bridgehead atoms. The Morgan fingerprint density at radius 3 is 2.74 bits per heavy atom. The Hall–Kier alpha value is -0.860. The molecule has 3 aliphatic rings. The van der Waals surface area contributed by atoms with E-state index >= 15 is 0 Å². The van der Waals surface area contributed by atoms with Crippen LogP contribution in [0.3, 0.4) is 0 Å². The highest BCUT2D eigenvalue weighted by Gasteiger charge is 2.36. The second kappa shape index (κ2) is 4.92. The Labute approximate surface area is 116 Å². The van der Waals surface area contributed by atoms with Crippen LogP contribution in [0.5, 0.6) is 0 Å². The summed E-state index contributed by atoms with van der Waals surface area (Å²) >= 11 is 0. The first kappa shape index (κ1) is 11.9. The molecule has 2 aliphatic carbocycles. The van der Waals surface area contributed by atoms with Crippen LogP contribution < -0.4 is 5.32 Å². The summed E-state index contributed by atoms with van der Waals surface area (Å²) in [6.07, 6.45) is 6.82. The van der Waals surface area contributed by atoms with Gasteiger partial charge in [0, 0.05) is 31.7 Å². The zero-order valence-corrected chi connectivity index (χ0v) is 11.6. The molecule has 1 saturated heterocycles. The molecular weight excluding hydrogens is 232 g/mol. The summed E-state index contributed by atoms with van der Waals surface area (Å²) in [6, 6.07) is 10.6. The molecule has 2 heteroatoms. The minimum atomic E-state index is 0.783. The van der Waals surface area contributed by atoms with Crippen LogP contribution in [0.2, 0.25) is 0 Å². The van der Waals surface area contributed by atoms with E-state index in [-0.39, 0.29) is 0 Å². The third-order valence-electron chi connectivity index (χ3n) is 5.27. The van der Waals surface area contributed by atoms with E-state index in [4.69, 9.17) is 0 Å². The zero-order valence-electron chi connectivity index (χ0n) is 11.6. The fourth-order valence-electron chi connectivity index (χ4n) is 3.94. The monoisotopic (exact) mass is 256 g/mol. The molecule has 0 spiro atoms. The molecule has 4 rings (SSSR count). The van der Waals surface area contributed by atoms with E-state index in [1.54, 1.807) is 11.1 Å². The highest BCUT2D eigenvalue weighted by atomic mass is 15.2. The summed E-state index contributed by atoms with van der Waals surface area (Å²) in [7, 11) is 0. The lowest BCUT2D eigenvalue weighted by molar-refractivity contribution is 0.125. The van der Waals surface area contributed by atoms with Gasteiger partial charge >= 0.3 is 0 Å². The van der Waals surface area contributed by atoms with Gasteiger partial charge in [-0.25, -0.2) is 0 Å². The average Bonchev–Trinajstić information content (AvgIpc) is 3.32. The van der Waals surface area contributed by atoms with Crippen molar-refractivity contribution in [2.75, 3.05) is 19.6 Å². The van der Waals surface area contributed by atoms with Crippen molar-refractivity contribution in [3.63, 3.8) is 0 Å². The van der Waals surface area contributed by atoms with Crippen molar-refractivity contribution in [1.82, 2.24) is 10.2 Å². The van der Waals surface area contributed by atoms with Crippen molar-refractivity contribution in [2.45, 2.75) is 44.2 Å². The maximum atomic E-state index is 3.73. The van der Waals surface area contributed by atoms with Gasteiger partial charge < -0.3 is 5.32 Å². The van der Waals surface area contributed by atoms with Crippen LogP contribution in [0.15, 0.2) is 24.3 Å². The summed E-state index contributed by atoms with van der Waals surface area (Å²) in [5, 5.41) is 3.73. The molecule has 19 heavy (non-hydrogen) atoms. The number of benzene rings is 1. The molecule has 2 unspecified atom stereocenters. The number of nitrogens with zero attached hydrogens (tertiary/aromatic N) is 1. The lowest BCUT2D eigenvalue weighted by Crippen LogP contribution is -2.55. The Kier molecular flexibility index (Phi) is 3.08. The Morgan fingerprint density at radius 2 is 1.89 bits per heavy atom. The largest absolute Gasteiger partial charge is 0.311 e. The van der Waals surface area contributed by atoms with Gasteiger partial charge in [-0.1, -0.05) is 24.3 Å². The molecule has 0 radical (unpaired) electrons. The predicted molar refractivity (Wildman–Crippen MR) is 78.3 cm³/mol. The molecule has 2 nitrogen and oxygen atoms in total. The third-order valence-corrected chi connectivity index (χ3v) is 5.27. The minimum Gasteiger partial charge on any atom is -0.311 e. The van der Waals surface area contributed by atoms with E-state index in [0.717, 1.165) is 18.0 Å². The summed E-state index contributed by atoms with van der Waals surface area (Å²) in [5.74, 6) is 0.985. The lowest BCUT2D eigenvalue weighted by Gasteiger charge is -2.41. The Bertz CT molecular complexity index is 452. The molecule has 1 N–H and O–H groups in total. The van der Waals surface area contributed by atoms with Crippen molar-refractivity contribution < 1.29 is 0 Å². The van der Waals surface area contributed by atoms with Crippen LogP contribution in [0.25, 0.3) is 0 Å². The minimum absolute atomic E-state index is 0.783. The van der Waals surface area contributed by atoms with Crippen LogP contribution in [-0.2, 0) is 12.8 Å². The molecule has 2 fully saturated rings. The van der Waals surface area contributed by atoms with Crippen molar-refractivity contribution in [3.8, 4) is 0 Å². The average molecular weight is 256 g/mol. The molecular formula is C17H24N2. The maximum absolute atomic E-state index is 3.73. The topological polar surface area (TPSA) is 15.3 Å². The highest BCUT2D eigenvalue weighted by molar-refractivity contribution is 5.30. The van der Waals surface area contributed by atoms with Gasteiger partial charge in [-0.3, -0.25) is 4.90 Å². The molecule has 2 atom stereocenters. The van der Waals surface area contributed by atoms with Gasteiger partial charge in [0.1, 0.15) is 0 Å².